The van der Waals surface area contributed by atoms with Crippen molar-refractivity contribution in [3.63, 3.8) is 0 Å². The first-order valence-electron chi connectivity index (χ1n) is 9.55. The van der Waals surface area contributed by atoms with E-state index in [1.54, 1.807) is 17.4 Å². The number of fused-ring (bicyclic) bond motifs is 1. The minimum absolute atomic E-state index is 0.267. The lowest BCUT2D eigenvalue weighted by Gasteiger charge is -2.27. The van der Waals surface area contributed by atoms with E-state index in [-0.39, 0.29) is 5.56 Å². The largest absolute Gasteiger partial charge is 0.478 e. The Morgan fingerprint density at radius 3 is 2.64 bits per heavy atom. The monoisotopic (exact) mass is 459 g/mol. The van der Waals surface area contributed by atoms with E-state index in [2.05, 4.69) is 28.1 Å². The van der Waals surface area contributed by atoms with Crippen LogP contribution >= 0.6 is 27.3 Å². The van der Waals surface area contributed by atoms with E-state index < -0.39 is 5.97 Å². The summed E-state index contributed by atoms with van der Waals surface area (Å²) in [6.45, 7) is 1.50. The summed E-state index contributed by atoms with van der Waals surface area (Å²) in [5.74, 6) is 0.149. The zero-order valence-corrected chi connectivity index (χ0v) is 17.8. The van der Waals surface area contributed by atoms with Gasteiger partial charge in [0.1, 0.15) is 0 Å². The Kier molecular flexibility index (Phi) is 6.09. The number of nitrogens with zero attached hydrogens (tertiary/aromatic N) is 1. The van der Waals surface area contributed by atoms with E-state index in [0.717, 1.165) is 47.5 Å². The van der Waals surface area contributed by atoms with Gasteiger partial charge < -0.3 is 9.84 Å². The van der Waals surface area contributed by atoms with Crippen molar-refractivity contribution in [2.75, 3.05) is 6.61 Å². The number of rotatable bonds is 6. The summed E-state index contributed by atoms with van der Waals surface area (Å²) in [4.78, 5) is 16.1. The van der Waals surface area contributed by atoms with Crippen LogP contribution in [0.15, 0.2) is 46.9 Å². The second-order valence-electron chi connectivity index (χ2n) is 7.38. The van der Waals surface area contributed by atoms with Crippen LogP contribution in [0.5, 0.6) is 0 Å². The first-order valence-corrected chi connectivity index (χ1v) is 11.2. The third-order valence-corrected chi connectivity index (χ3v) is 7.22. The number of hydrogen-bond acceptors (Lipinski definition) is 4. The fourth-order valence-corrected chi connectivity index (χ4v) is 5.62. The lowest BCUT2D eigenvalue weighted by molar-refractivity contribution is 0.0696. The van der Waals surface area contributed by atoms with Gasteiger partial charge in [0.25, 0.3) is 0 Å². The average molecular weight is 460 g/mol. The Morgan fingerprint density at radius 1 is 1.18 bits per heavy atom. The molecule has 4 nitrogen and oxygen atoms in total. The summed E-state index contributed by atoms with van der Waals surface area (Å²) < 4.78 is 7.58. The normalized spacial score (nSPS) is 19.8. The van der Waals surface area contributed by atoms with Crippen molar-refractivity contribution < 1.29 is 14.6 Å². The first-order chi connectivity index (χ1) is 13.6. The minimum Gasteiger partial charge on any atom is -0.478 e. The molecule has 0 atom stereocenters. The van der Waals surface area contributed by atoms with Crippen LogP contribution in [0, 0.1) is 5.92 Å². The van der Waals surface area contributed by atoms with E-state index >= 15 is 0 Å². The maximum absolute atomic E-state index is 11.3. The number of benzene rings is 2. The smallest absolute Gasteiger partial charge is 0.336 e. The van der Waals surface area contributed by atoms with Crippen LogP contribution in [0.25, 0.3) is 10.2 Å². The summed E-state index contributed by atoms with van der Waals surface area (Å²) in [6, 6.07) is 13.8. The van der Waals surface area contributed by atoms with Gasteiger partial charge in [-0.25, -0.2) is 9.78 Å². The van der Waals surface area contributed by atoms with E-state index in [1.165, 1.54) is 5.56 Å². The highest BCUT2D eigenvalue weighted by atomic mass is 79.9. The summed E-state index contributed by atoms with van der Waals surface area (Å²) >= 11 is 5.05. The molecular formula is C22H22BrNO3S. The van der Waals surface area contributed by atoms with Crippen molar-refractivity contribution >= 4 is 43.5 Å². The standard InChI is InChI=1S/C22H22BrNO3S/c23-18-11-20-19(10-17(18)22(25)26)24-21(28-20)16-8-6-15(7-9-16)13-27-12-14-4-2-1-3-5-14/h1-5,10-11,15-16H,6-9,12-13H2,(H,25,26). The molecule has 0 spiro atoms. The van der Waals surface area contributed by atoms with Gasteiger partial charge in [-0.05, 0) is 65.2 Å². The van der Waals surface area contributed by atoms with Gasteiger partial charge in [-0.3, -0.25) is 0 Å². The minimum atomic E-state index is -0.931. The van der Waals surface area contributed by atoms with Crippen LogP contribution < -0.4 is 0 Å². The zero-order valence-electron chi connectivity index (χ0n) is 15.4. The van der Waals surface area contributed by atoms with Crippen molar-refractivity contribution in [2.24, 2.45) is 5.92 Å². The topological polar surface area (TPSA) is 59.4 Å². The molecule has 0 aliphatic heterocycles. The van der Waals surface area contributed by atoms with Crippen molar-refractivity contribution in [1.82, 2.24) is 4.98 Å². The van der Waals surface area contributed by atoms with E-state index in [1.807, 2.05) is 24.3 Å². The molecular weight excluding hydrogens is 438 g/mol. The molecule has 6 heteroatoms. The summed E-state index contributed by atoms with van der Waals surface area (Å²) in [6.07, 6.45) is 4.54. The molecule has 0 bridgehead atoms. The molecule has 1 saturated carbocycles. The number of hydrogen-bond donors (Lipinski definition) is 1. The van der Waals surface area contributed by atoms with E-state index in [4.69, 9.17) is 9.72 Å². The van der Waals surface area contributed by atoms with Gasteiger partial charge in [0.05, 0.1) is 27.4 Å². The average Bonchev–Trinajstić information content (AvgIpc) is 3.11. The number of carboxylic acid groups (broad SMARTS) is 1. The van der Waals surface area contributed by atoms with Crippen LogP contribution in [0.4, 0.5) is 0 Å². The quantitative estimate of drug-likeness (QED) is 0.473. The van der Waals surface area contributed by atoms with Crippen LogP contribution in [0.2, 0.25) is 0 Å². The van der Waals surface area contributed by atoms with Crippen LogP contribution in [0.1, 0.15) is 52.5 Å². The van der Waals surface area contributed by atoms with Crippen LogP contribution in [-0.2, 0) is 11.3 Å². The van der Waals surface area contributed by atoms with Gasteiger partial charge in [-0.2, -0.15) is 0 Å². The SMILES string of the molecule is O=C(O)c1cc2nc(C3CCC(COCc4ccccc4)CC3)sc2cc1Br. The number of carboxylic acids is 1. The van der Waals surface area contributed by atoms with Crippen LogP contribution in [0.3, 0.4) is 0 Å². The summed E-state index contributed by atoms with van der Waals surface area (Å²) in [5.41, 5.74) is 2.27. The van der Waals surface area contributed by atoms with Gasteiger partial charge in [0.2, 0.25) is 0 Å². The van der Waals surface area contributed by atoms with Crippen molar-refractivity contribution in [1.29, 1.82) is 0 Å². The Bertz CT molecular complexity index is 965. The number of ether oxygens (including phenoxy) is 1. The van der Waals surface area contributed by atoms with Gasteiger partial charge in [0, 0.05) is 17.0 Å². The molecule has 1 aliphatic carbocycles. The Balaban J connectivity index is 1.34. The molecule has 4 rings (SSSR count). The molecule has 0 unspecified atom stereocenters. The van der Waals surface area contributed by atoms with Crippen molar-refractivity contribution in [2.45, 2.75) is 38.2 Å². The first kappa shape index (κ1) is 19.6. The molecule has 28 heavy (non-hydrogen) atoms. The number of halogens is 1. The Morgan fingerprint density at radius 2 is 1.93 bits per heavy atom. The van der Waals surface area contributed by atoms with Gasteiger partial charge in [0.15, 0.2) is 0 Å². The van der Waals surface area contributed by atoms with Crippen LogP contribution in [-0.4, -0.2) is 22.7 Å². The fraction of sp³-hybridized carbons (Fsp3) is 0.364. The van der Waals surface area contributed by atoms with Crippen molar-refractivity contribution in [3.8, 4) is 0 Å². The number of thiazole rings is 1. The molecule has 146 valence electrons. The zero-order chi connectivity index (χ0) is 19.5. The van der Waals surface area contributed by atoms with Gasteiger partial charge >= 0.3 is 5.97 Å². The molecule has 0 radical (unpaired) electrons. The predicted molar refractivity (Wildman–Crippen MR) is 115 cm³/mol. The molecule has 1 aliphatic rings. The second-order valence-corrected chi connectivity index (χ2v) is 9.29. The second kappa shape index (κ2) is 8.72. The van der Waals surface area contributed by atoms with E-state index in [0.29, 0.717) is 22.9 Å². The molecule has 1 N–H and O–H groups in total. The molecule has 2 aromatic carbocycles. The number of carbonyl (C=O) groups is 1. The Hall–Kier alpha value is -1.76. The molecule has 1 aromatic heterocycles. The summed E-state index contributed by atoms with van der Waals surface area (Å²) in [7, 11) is 0. The molecule has 3 aromatic rings. The highest BCUT2D eigenvalue weighted by Gasteiger charge is 2.25. The lowest BCUT2D eigenvalue weighted by atomic mass is 9.83. The number of aromatic nitrogens is 1. The molecule has 0 amide bonds. The maximum Gasteiger partial charge on any atom is 0.336 e. The predicted octanol–water partition coefficient (Wildman–Crippen LogP) is 6.25. The molecule has 1 heterocycles. The maximum atomic E-state index is 11.3. The fourth-order valence-electron chi connectivity index (χ4n) is 3.80. The summed E-state index contributed by atoms with van der Waals surface area (Å²) in [5, 5.41) is 10.4. The third-order valence-electron chi connectivity index (χ3n) is 5.39. The number of aromatic carboxylic acids is 1. The van der Waals surface area contributed by atoms with Gasteiger partial charge in [-0.15, -0.1) is 11.3 Å². The molecule has 0 saturated heterocycles. The molecule has 1 fully saturated rings. The Labute approximate surface area is 176 Å². The third kappa shape index (κ3) is 4.45. The highest BCUT2D eigenvalue weighted by molar-refractivity contribution is 9.10. The van der Waals surface area contributed by atoms with E-state index in [9.17, 15) is 9.90 Å². The highest BCUT2D eigenvalue weighted by Crippen LogP contribution is 2.40. The van der Waals surface area contributed by atoms with Gasteiger partial charge in [-0.1, -0.05) is 30.3 Å². The van der Waals surface area contributed by atoms with Crippen molar-refractivity contribution in [3.05, 3.63) is 63.1 Å². The lowest BCUT2D eigenvalue weighted by Crippen LogP contribution is -2.17.